The van der Waals surface area contributed by atoms with Crippen molar-refractivity contribution in [1.29, 1.82) is 0 Å². The van der Waals surface area contributed by atoms with Crippen molar-refractivity contribution in [3.05, 3.63) is 33.8 Å². The Bertz CT molecular complexity index is 502. The summed E-state index contributed by atoms with van der Waals surface area (Å²) < 4.78 is 5.35. The van der Waals surface area contributed by atoms with Crippen molar-refractivity contribution in [2.45, 2.75) is 31.9 Å². The Morgan fingerprint density at radius 3 is 2.71 bits per heavy atom. The van der Waals surface area contributed by atoms with Crippen LogP contribution in [-0.4, -0.2) is 41.8 Å². The van der Waals surface area contributed by atoms with Gasteiger partial charge in [0, 0.05) is 29.2 Å². The lowest BCUT2D eigenvalue weighted by atomic mass is 10.0. The van der Waals surface area contributed by atoms with Gasteiger partial charge in [0.15, 0.2) is 0 Å². The molecule has 1 fully saturated rings. The van der Waals surface area contributed by atoms with E-state index in [0.717, 1.165) is 36.5 Å². The average molecular weight is 332 g/mol. The van der Waals surface area contributed by atoms with Gasteiger partial charge in [-0.25, -0.2) is 4.79 Å². The van der Waals surface area contributed by atoms with Gasteiger partial charge >= 0.3 is 5.97 Å². The van der Waals surface area contributed by atoms with Crippen LogP contribution in [-0.2, 0) is 9.53 Å². The highest BCUT2D eigenvalue weighted by Crippen LogP contribution is 2.31. The minimum absolute atomic E-state index is 0.0272. The summed E-state index contributed by atoms with van der Waals surface area (Å²) in [6.45, 7) is 3.60. The number of benzene rings is 1. The van der Waals surface area contributed by atoms with Crippen LogP contribution in [0.2, 0.25) is 10.0 Å². The van der Waals surface area contributed by atoms with Crippen molar-refractivity contribution in [2.24, 2.45) is 0 Å². The third-order valence-electron chi connectivity index (χ3n) is 3.87. The van der Waals surface area contributed by atoms with Crippen LogP contribution < -0.4 is 0 Å². The van der Waals surface area contributed by atoms with Crippen LogP contribution in [0.1, 0.15) is 31.4 Å². The van der Waals surface area contributed by atoms with Crippen LogP contribution in [0.3, 0.4) is 0 Å². The normalized spacial score (nSPS) is 18.6. The first-order valence-electron chi connectivity index (χ1n) is 6.99. The molecule has 1 aliphatic rings. The first-order valence-corrected chi connectivity index (χ1v) is 7.75. The van der Waals surface area contributed by atoms with Crippen LogP contribution in [0.25, 0.3) is 0 Å². The molecule has 1 aromatic rings. The summed E-state index contributed by atoms with van der Waals surface area (Å²) in [4.78, 5) is 12.8. The van der Waals surface area contributed by atoms with E-state index >= 15 is 0 Å². The molecule has 0 saturated carbocycles. The van der Waals surface area contributed by atoms with Gasteiger partial charge in [-0.2, -0.15) is 0 Å². The maximum Gasteiger partial charge on any atom is 0.329 e. The molecule has 4 nitrogen and oxygen atoms in total. The third-order valence-corrected chi connectivity index (χ3v) is 4.45. The number of likely N-dealkylation sites (tertiary alicyclic amines) is 1. The van der Waals surface area contributed by atoms with E-state index in [2.05, 4.69) is 11.8 Å². The van der Waals surface area contributed by atoms with Gasteiger partial charge in [0.25, 0.3) is 0 Å². The molecule has 21 heavy (non-hydrogen) atoms. The monoisotopic (exact) mass is 331 g/mol. The molecule has 1 saturated heterocycles. The maximum atomic E-state index is 10.5. The fourth-order valence-corrected chi connectivity index (χ4v) is 3.11. The van der Waals surface area contributed by atoms with E-state index in [1.54, 1.807) is 6.07 Å². The van der Waals surface area contributed by atoms with Gasteiger partial charge in [0.1, 0.15) is 6.61 Å². The van der Waals surface area contributed by atoms with Gasteiger partial charge in [-0.15, -0.1) is 0 Å². The van der Waals surface area contributed by atoms with Gasteiger partial charge in [-0.1, -0.05) is 23.2 Å². The zero-order valence-corrected chi connectivity index (χ0v) is 13.4. The Hall–Kier alpha value is -0.810. The molecule has 0 spiro atoms. The van der Waals surface area contributed by atoms with Crippen molar-refractivity contribution in [2.75, 3.05) is 19.7 Å². The zero-order chi connectivity index (χ0) is 15.4. The van der Waals surface area contributed by atoms with Gasteiger partial charge in [0.2, 0.25) is 0 Å². The minimum atomic E-state index is -0.920. The average Bonchev–Trinajstić information content (AvgIpc) is 2.47. The molecule has 116 valence electrons. The van der Waals surface area contributed by atoms with Gasteiger partial charge in [-0.05, 0) is 43.5 Å². The SMILES string of the molecule is CC(c1cc(Cl)ccc1Cl)N1CCC(OCC(=O)O)CC1. The number of ether oxygens (including phenoxy) is 1. The lowest BCUT2D eigenvalue weighted by Crippen LogP contribution is -2.39. The van der Waals surface area contributed by atoms with E-state index in [1.165, 1.54) is 0 Å². The number of hydrogen-bond donors (Lipinski definition) is 1. The summed E-state index contributed by atoms with van der Waals surface area (Å²) in [6, 6.07) is 5.68. The number of rotatable bonds is 5. The molecule has 2 rings (SSSR count). The van der Waals surface area contributed by atoms with Gasteiger partial charge in [0.05, 0.1) is 6.10 Å². The second kappa shape index (κ2) is 7.45. The molecule has 0 aliphatic carbocycles. The fraction of sp³-hybridized carbons (Fsp3) is 0.533. The van der Waals surface area contributed by atoms with Gasteiger partial charge in [-0.3, -0.25) is 4.90 Å². The Balaban J connectivity index is 1.92. The number of piperidine rings is 1. The summed E-state index contributed by atoms with van der Waals surface area (Å²) in [7, 11) is 0. The lowest BCUT2D eigenvalue weighted by molar-refractivity contribution is -0.145. The van der Waals surface area contributed by atoms with Crippen molar-refractivity contribution in [3.63, 3.8) is 0 Å². The van der Waals surface area contributed by atoms with Crippen LogP contribution in [0.5, 0.6) is 0 Å². The number of carboxylic acid groups (broad SMARTS) is 1. The summed E-state index contributed by atoms with van der Waals surface area (Å²) >= 11 is 12.3. The highest BCUT2D eigenvalue weighted by Gasteiger charge is 2.25. The highest BCUT2D eigenvalue weighted by atomic mass is 35.5. The second-order valence-electron chi connectivity index (χ2n) is 5.28. The molecule has 1 aromatic carbocycles. The van der Waals surface area contributed by atoms with E-state index in [0.29, 0.717) is 5.02 Å². The molecular formula is C15H19Cl2NO3. The highest BCUT2D eigenvalue weighted by molar-refractivity contribution is 6.33. The molecule has 0 radical (unpaired) electrons. The molecule has 0 amide bonds. The van der Waals surface area contributed by atoms with E-state index in [-0.39, 0.29) is 18.8 Å². The van der Waals surface area contributed by atoms with Crippen LogP contribution in [0.15, 0.2) is 18.2 Å². The number of hydrogen-bond acceptors (Lipinski definition) is 3. The molecular weight excluding hydrogens is 313 g/mol. The third kappa shape index (κ3) is 4.58. The summed E-state index contributed by atoms with van der Waals surface area (Å²) in [5.74, 6) is -0.920. The van der Waals surface area contributed by atoms with E-state index in [9.17, 15) is 4.79 Å². The fourth-order valence-electron chi connectivity index (χ4n) is 2.65. The van der Waals surface area contributed by atoms with Crippen LogP contribution in [0, 0.1) is 0 Å². The van der Waals surface area contributed by atoms with Crippen molar-refractivity contribution in [3.8, 4) is 0 Å². The van der Waals surface area contributed by atoms with Crippen LogP contribution in [0.4, 0.5) is 0 Å². The maximum absolute atomic E-state index is 10.5. The smallest absolute Gasteiger partial charge is 0.329 e. The minimum Gasteiger partial charge on any atom is -0.480 e. The predicted molar refractivity (Wildman–Crippen MR) is 83.1 cm³/mol. The Morgan fingerprint density at radius 1 is 1.43 bits per heavy atom. The molecule has 0 bridgehead atoms. The Kier molecular flexibility index (Phi) is 5.88. The summed E-state index contributed by atoms with van der Waals surface area (Å²) in [5.41, 5.74) is 1.02. The summed E-state index contributed by atoms with van der Waals surface area (Å²) in [5, 5.41) is 10.0. The Labute approximate surface area is 134 Å². The second-order valence-corrected chi connectivity index (χ2v) is 6.13. The van der Waals surface area contributed by atoms with Crippen molar-refractivity contribution in [1.82, 2.24) is 4.90 Å². The first-order chi connectivity index (χ1) is 9.97. The number of carboxylic acids is 1. The predicted octanol–water partition coefficient (Wildman–Crippen LogP) is 3.62. The lowest BCUT2D eigenvalue weighted by Gasteiger charge is -2.36. The van der Waals surface area contributed by atoms with E-state index < -0.39 is 5.97 Å². The number of halogens is 2. The largest absolute Gasteiger partial charge is 0.480 e. The zero-order valence-electron chi connectivity index (χ0n) is 11.9. The molecule has 1 unspecified atom stereocenters. The standard InChI is InChI=1S/C15H19Cl2NO3/c1-10(13-8-11(16)2-3-14(13)17)18-6-4-12(5-7-18)21-9-15(19)20/h2-3,8,10,12H,4-7,9H2,1H3,(H,19,20). The molecule has 0 aromatic heterocycles. The quantitative estimate of drug-likeness (QED) is 0.895. The molecule has 1 aliphatic heterocycles. The molecule has 6 heteroatoms. The Morgan fingerprint density at radius 2 is 2.10 bits per heavy atom. The number of aliphatic carboxylic acids is 1. The van der Waals surface area contributed by atoms with Crippen LogP contribution >= 0.6 is 23.2 Å². The van der Waals surface area contributed by atoms with Crippen molar-refractivity contribution >= 4 is 29.2 Å². The number of nitrogens with zero attached hydrogens (tertiary/aromatic N) is 1. The first kappa shape index (κ1) is 16.6. The topological polar surface area (TPSA) is 49.8 Å². The van der Waals surface area contributed by atoms with E-state index in [4.69, 9.17) is 33.0 Å². The van der Waals surface area contributed by atoms with Gasteiger partial charge < -0.3 is 9.84 Å². The molecule has 1 atom stereocenters. The summed E-state index contributed by atoms with van der Waals surface area (Å²) in [6.07, 6.45) is 1.69. The molecule has 1 heterocycles. The molecule has 1 N–H and O–H groups in total. The van der Waals surface area contributed by atoms with E-state index in [1.807, 2.05) is 12.1 Å². The van der Waals surface area contributed by atoms with Crippen molar-refractivity contribution < 1.29 is 14.6 Å². The number of carbonyl (C=O) groups is 1.